The van der Waals surface area contributed by atoms with Crippen LogP contribution in [0, 0.1) is 35.0 Å². The molecule has 4 aliphatic rings. The van der Waals surface area contributed by atoms with E-state index in [2.05, 4.69) is 24.9 Å². The quantitative estimate of drug-likeness (QED) is 0.400. The van der Waals surface area contributed by atoms with Crippen molar-refractivity contribution >= 4 is 11.9 Å². The Bertz CT molecular complexity index is 840. The van der Waals surface area contributed by atoms with E-state index in [1.165, 1.54) is 37.7 Å². The fraction of sp³-hybridized carbons (Fsp3) is 0.793. The molecule has 3 saturated carbocycles. The number of hydrogen-bond donors (Lipinski definition) is 3. The number of amides is 1. The summed E-state index contributed by atoms with van der Waals surface area (Å²) in [6.45, 7) is 10.8. The van der Waals surface area contributed by atoms with E-state index >= 15 is 0 Å². The third-order valence-electron chi connectivity index (χ3n) is 9.93. The van der Waals surface area contributed by atoms with Crippen molar-refractivity contribution in [2.45, 2.75) is 109 Å². The molecule has 4 aliphatic carbocycles. The summed E-state index contributed by atoms with van der Waals surface area (Å²) in [6.07, 6.45) is 13.6. The zero-order chi connectivity index (χ0) is 24.7. The van der Waals surface area contributed by atoms with Crippen LogP contribution in [-0.4, -0.2) is 33.7 Å². The number of carboxylic acids is 1. The highest BCUT2D eigenvalue weighted by atomic mass is 16.4. The molecule has 1 amide bonds. The molecule has 7 atom stereocenters. The number of aliphatic carboxylic acids is 1. The number of hydrogen-bond acceptors (Lipinski definition) is 3. The minimum atomic E-state index is -0.917. The fourth-order valence-corrected chi connectivity index (χ4v) is 8.23. The SMILES string of the molecule is C=C(CCC(C)(C)O)C1CCC2C3CC=C4CC(NC(=O)CCC(=O)O)CCC4C3CCC12C. The summed E-state index contributed by atoms with van der Waals surface area (Å²) in [5.74, 6) is 2.50. The van der Waals surface area contributed by atoms with Crippen LogP contribution in [0.25, 0.3) is 0 Å². The minimum absolute atomic E-state index is 0.0710. The Labute approximate surface area is 205 Å². The average Bonchev–Trinajstić information content (AvgIpc) is 3.12. The summed E-state index contributed by atoms with van der Waals surface area (Å²) in [4.78, 5) is 22.9. The lowest BCUT2D eigenvalue weighted by Gasteiger charge is -2.54. The first-order valence-corrected chi connectivity index (χ1v) is 13.6. The number of carbonyl (C=O) groups is 2. The standard InChI is InChI=1S/C29H45NO4/c1-18(13-15-28(2,3)34)24-9-10-25-23-7-5-19-17-20(30-26(31)11-12-27(32)33)6-8-21(19)22(23)14-16-29(24,25)4/h5,20-25,34H,1,6-17H2,2-4H3,(H,30,31)(H,32,33). The van der Waals surface area contributed by atoms with Gasteiger partial charge in [-0.2, -0.15) is 0 Å². The number of nitrogens with one attached hydrogen (secondary N) is 1. The molecule has 5 heteroatoms. The van der Waals surface area contributed by atoms with Crippen molar-refractivity contribution in [2.24, 2.45) is 35.0 Å². The van der Waals surface area contributed by atoms with Gasteiger partial charge >= 0.3 is 5.97 Å². The van der Waals surface area contributed by atoms with Crippen LogP contribution < -0.4 is 5.32 Å². The Morgan fingerprint density at radius 2 is 1.88 bits per heavy atom. The number of allylic oxidation sites excluding steroid dienone is 2. The van der Waals surface area contributed by atoms with Crippen LogP contribution >= 0.6 is 0 Å². The Morgan fingerprint density at radius 3 is 2.59 bits per heavy atom. The summed E-state index contributed by atoms with van der Waals surface area (Å²) >= 11 is 0. The summed E-state index contributed by atoms with van der Waals surface area (Å²) < 4.78 is 0. The van der Waals surface area contributed by atoms with Crippen molar-refractivity contribution in [2.75, 3.05) is 0 Å². The molecule has 0 heterocycles. The van der Waals surface area contributed by atoms with Crippen LogP contribution in [-0.2, 0) is 9.59 Å². The van der Waals surface area contributed by atoms with Crippen molar-refractivity contribution < 1.29 is 19.8 Å². The second-order valence-electron chi connectivity index (χ2n) is 12.6. The van der Waals surface area contributed by atoms with Crippen LogP contribution in [0.3, 0.4) is 0 Å². The summed E-state index contributed by atoms with van der Waals surface area (Å²) in [5.41, 5.74) is 2.62. The van der Waals surface area contributed by atoms with Crippen molar-refractivity contribution in [1.29, 1.82) is 0 Å². The monoisotopic (exact) mass is 471 g/mol. The van der Waals surface area contributed by atoms with Gasteiger partial charge in [-0.05, 0) is 113 Å². The van der Waals surface area contributed by atoms with Crippen molar-refractivity contribution in [1.82, 2.24) is 5.32 Å². The van der Waals surface area contributed by atoms with Crippen LogP contribution in [0.1, 0.15) is 97.8 Å². The molecule has 7 unspecified atom stereocenters. The molecule has 3 fully saturated rings. The van der Waals surface area contributed by atoms with Crippen LogP contribution in [0.4, 0.5) is 0 Å². The third-order valence-corrected chi connectivity index (χ3v) is 9.93. The number of aliphatic hydroxyl groups is 1. The number of carbonyl (C=O) groups excluding carboxylic acids is 1. The predicted molar refractivity (Wildman–Crippen MR) is 134 cm³/mol. The van der Waals surface area contributed by atoms with E-state index in [0.717, 1.165) is 49.9 Å². The first-order chi connectivity index (χ1) is 16.0. The number of carboxylic acid groups (broad SMARTS) is 1. The molecule has 0 saturated heterocycles. The van der Waals surface area contributed by atoms with E-state index in [4.69, 9.17) is 5.11 Å². The summed E-state index contributed by atoms with van der Waals surface area (Å²) in [7, 11) is 0. The van der Waals surface area contributed by atoms with E-state index in [9.17, 15) is 14.7 Å². The maximum atomic E-state index is 12.1. The molecule has 0 aliphatic heterocycles. The average molecular weight is 472 g/mol. The molecule has 0 aromatic carbocycles. The van der Waals surface area contributed by atoms with Gasteiger partial charge in [0.2, 0.25) is 5.91 Å². The van der Waals surface area contributed by atoms with Gasteiger partial charge in [0.25, 0.3) is 0 Å². The van der Waals surface area contributed by atoms with Crippen molar-refractivity contribution in [3.05, 3.63) is 23.8 Å². The summed E-state index contributed by atoms with van der Waals surface area (Å²) in [6, 6.07) is 0.157. The third kappa shape index (κ3) is 5.29. The van der Waals surface area contributed by atoms with Crippen molar-refractivity contribution in [3.63, 3.8) is 0 Å². The van der Waals surface area contributed by atoms with Gasteiger partial charge in [0.1, 0.15) is 0 Å². The van der Waals surface area contributed by atoms with Crippen LogP contribution in [0.15, 0.2) is 23.8 Å². The highest BCUT2D eigenvalue weighted by Gasteiger charge is 2.56. The first-order valence-electron chi connectivity index (χ1n) is 13.6. The normalized spacial score (nSPS) is 37.1. The molecule has 0 aromatic rings. The maximum Gasteiger partial charge on any atom is 0.303 e. The van der Waals surface area contributed by atoms with E-state index in [1.807, 2.05) is 13.8 Å². The van der Waals surface area contributed by atoms with Gasteiger partial charge in [-0.15, -0.1) is 0 Å². The predicted octanol–water partition coefficient (Wildman–Crippen LogP) is 5.63. The van der Waals surface area contributed by atoms with Gasteiger partial charge in [-0.3, -0.25) is 9.59 Å². The molecule has 0 aromatic heterocycles. The van der Waals surface area contributed by atoms with Gasteiger partial charge in [-0.1, -0.05) is 30.7 Å². The smallest absolute Gasteiger partial charge is 0.303 e. The molecule has 3 N–H and O–H groups in total. The summed E-state index contributed by atoms with van der Waals surface area (Å²) in [5, 5.41) is 22.1. The molecule has 0 radical (unpaired) electrons. The van der Waals surface area contributed by atoms with Gasteiger partial charge < -0.3 is 15.5 Å². The van der Waals surface area contributed by atoms with E-state index in [-0.39, 0.29) is 24.8 Å². The maximum absolute atomic E-state index is 12.1. The zero-order valence-electron chi connectivity index (χ0n) is 21.4. The molecule has 5 nitrogen and oxygen atoms in total. The Kier molecular flexibility index (Phi) is 7.34. The topological polar surface area (TPSA) is 86.6 Å². The van der Waals surface area contributed by atoms with E-state index < -0.39 is 11.6 Å². The number of rotatable bonds is 8. The highest BCUT2D eigenvalue weighted by Crippen LogP contribution is 2.64. The Morgan fingerprint density at radius 1 is 1.12 bits per heavy atom. The lowest BCUT2D eigenvalue weighted by molar-refractivity contribution is -0.139. The highest BCUT2D eigenvalue weighted by molar-refractivity contribution is 5.80. The fourth-order valence-electron chi connectivity index (χ4n) is 8.23. The molecule has 190 valence electrons. The van der Waals surface area contributed by atoms with Gasteiger partial charge in [0, 0.05) is 12.5 Å². The first kappa shape index (κ1) is 25.5. The van der Waals surface area contributed by atoms with Gasteiger partial charge in [0.15, 0.2) is 0 Å². The number of fused-ring (bicyclic) bond motifs is 5. The lowest BCUT2D eigenvalue weighted by atomic mass is 9.51. The second-order valence-corrected chi connectivity index (χ2v) is 12.6. The molecular formula is C29H45NO4. The van der Waals surface area contributed by atoms with Crippen LogP contribution in [0.5, 0.6) is 0 Å². The second kappa shape index (κ2) is 9.79. The molecule has 0 bridgehead atoms. The van der Waals surface area contributed by atoms with E-state index in [0.29, 0.717) is 17.3 Å². The molecule has 4 rings (SSSR count). The van der Waals surface area contributed by atoms with Crippen LogP contribution in [0.2, 0.25) is 0 Å². The van der Waals surface area contributed by atoms with Crippen molar-refractivity contribution in [3.8, 4) is 0 Å². The minimum Gasteiger partial charge on any atom is -0.481 e. The van der Waals surface area contributed by atoms with Gasteiger partial charge in [-0.25, -0.2) is 0 Å². The zero-order valence-corrected chi connectivity index (χ0v) is 21.4. The van der Waals surface area contributed by atoms with E-state index in [1.54, 1.807) is 5.57 Å². The Hall–Kier alpha value is -1.62. The lowest BCUT2D eigenvalue weighted by Crippen LogP contribution is -2.47. The molecule has 34 heavy (non-hydrogen) atoms. The molecule has 0 spiro atoms. The largest absolute Gasteiger partial charge is 0.481 e. The molecular weight excluding hydrogens is 426 g/mol. The Balaban J connectivity index is 1.38. The van der Waals surface area contributed by atoms with Gasteiger partial charge in [0.05, 0.1) is 12.0 Å².